The molecule has 2 aliphatic rings. The van der Waals surface area contributed by atoms with Gasteiger partial charge in [0, 0.05) is 54.8 Å². The SMILES string of the molecule is Cc1cn2c(-c3cnn(CC(=O)NCc4ccc(F)cc4F)c3)cnc2c(NC2CC(CN3CCCCC3)=NS2)n1. The van der Waals surface area contributed by atoms with E-state index in [0.29, 0.717) is 11.5 Å². The van der Waals surface area contributed by atoms with E-state index < -0.39 is 11.6 Å². The Kier molecular flexibility index (Phi) is 7.97. The first kappa shape index (κ1) is 27.3. The van der Waals surface area contributed by atoms with Gasteiger partial charge in [-0.1, -0.05) is 12.5 Å². The molecule has 1 aromatic carbocycles. The molecule has 2 N–H and O–H groups in total. The fraction of sp³-hybridized carbons (Fsp3) is 0.393. The van der Waals surface area contributed by atoms with Crippen LogP contribution in [0.1, 0.15) is 36.9 Å². The standard InChI is InChI=1S/C28H31F2N9OS/c1-18-14-39-24(20-12-33-38(15-20)17-25(40)31-11-19-5-6-21(29)9-23(19)30)13-32-28(39)27(34-18)35-26-10-22(36-41-26)16-37-7-3-2-4-8-37/h5-6,9,12-15,26H,2-4,7-8,10-11,16-17H2,1H3,(H,31,40)(H,34,35). The van der Waals surface area contributed by atoms with E-state index in [0.717, 1.165) is 55.1 Å². The minimum atomic E-state index is -0.699. The highest BCUT2D eigenvalue weighted by Gasteiger charge is 2.24. The Morgan fingerprint density at radius 1 is 1.15 bits per heavy atom. The number of piperidine rings is 1. The zero-order valence-corrected chi connectivity index (χ0v) is 23.5. The first-order valence-corrected chi connectivity index (χ1v) is 14.5. The summed E-state index contributed by atoms with van der Waals surface area (Å²) in [5, 5.41) is 10.6. The Hall–Kier alpha value is -3.84. The van der Waals surface area contributed by atoms with Crippen LogP contribution in [-0.2, 0) is 17.9 Å². The normalized spacial score (nSPS) is 17.6. The van der Waals surface area contributed by atoms with E-state index in [1.165, 1.54) is 35.7 Å². The highest BCUT2D eigenvalue weighted by molar-refractivity contribution is 7.99. The molecule has 10 nitrogen and oxygen atoms in total. The number of aryl methyl sites for hydroxylation is 1. The monoisotopic (exact) mass is 579 g/mol. The summed E-state index contributed by atoms with van der Waals surface area (Å²) in [5.74, 6) is -1.01. The highest BCUT2D eigenvalue weighted by Crippen LogP contribution is 2.30. The van der Waals surface area contributed by atoms with Gasteiger partial charge in [-0.2, -0.15) is 5.10 Å². The van der Waals surface area contributed by atoms with Crippen LogP contribution in [-0.4, -0.2) is 65.7 Å². The topological polar surface area (TPSA) is 105 Å². The van der Waals surface area contributed by atoms with Crippen LogP contribution >= 0.6 is 11.9 Å². The molecular formula is C28H31F2N9OS. The smallest absolute Gasteiger partial charge is 0.241 e. The van der Waals surface area contributed by atoms with Crippen molar-refractivity contribution in [1.29, 1.82) is 0 Å². The number of benzene rings is 1. The van der Waals surface area contributed by atoms with Crippen LogP contribution in [0.3, 0.4) is 0 Å². The molecule has 0 aliphatic carbocycles. The van der Waals surface area contributed by atoms with Gasteiger partial charge in [-0.3, -0.25) is 18.8 Å². The minimum Gasteiger partial charge on any atom is -0.353 e. The Morgan fingerprint density at radius 3 is 2.83 bits per heavy atom. The van der Waals surface area contributed by atoms with Crippen LogP contribution in [0.2, 0.25) is 0 Å². The number of rotatable bonds is 9. The van der Waals surface area contributed by atoms with E-state index in [2.05, 4.69) is 25.6 Å². The van der Waals surface area contributed by atoms with Gasteiger partial charge in [-0.05, 0) is 50.9 Å². The molecule has 1 fully saturated rings. The molecule has 214 valence electrons. The van der Waals surface area contributed by atoms with Gasteiger partial charge in [0.05, 0.1) is 23.8 Å². The largest absolute Gasteiger partial charge is 0.353 e. The molecule has 0 saturated carbocycles. The summed E-state index contributed by atoms with van der Waals surface area (Å²) in [6, 6.07) is 3.27. The van der Waals surface area contributed by atoms with E-state index in [-0.39, 0.29) is 29.9 Å². The summed E-state index contributed by atoms with van der Waals surface area (Å²) in [5.41, 5.74) is 4.55. The number of carbonyl (C=O) groups is 1. The van der Waals surface area contributed by atoms with Crippen molar-refractivity contribution in [2.45, 2.75) is 51.1 Å². The lowest BCUT2D eigenvalue weighted by Gasteiger charge is -2.26. The lowest BCUT2D eigenvalue weighted by Crippen LogP contribution is -2.34. The minimum absolute atomic E-state index is 0.0432. The molecule has 3 aromatic heterocycles. The van der Waals surface area contributed by atoms with Gasteiger partial charge in [-0.15, -0.1) is 0 Å². The van der Waals surface area contributed by atoms with Crippen molar-refractivity contribution in [3.8, 4) is 11.3 Å². The summed E-state index contributed by atoms with van der Waals surface area (Å²) in [7, 11) is 0. The number of nitrogens with one attached hydrogen (secondary N) is 2. The van der Waals surface area contributed by atoms with E-state index in [1.807, 2.05) is 17.5 Å². The van der Waals surface area contributed by atoms with Crippen molar-refractivity contribution in [2.24, 2.45) is 4.40 Å². The van der Waals surface area contributed by atoms with E-state index in [1.54, 1.807) is 30.5 Å². The lowest BCUT2D eigenvalue weighted by atomic mass is 10.1. The van der Waals surface area contributed by atoms with Crippen molar-refractivity contribution < 1.29 is 13.6 Å². The summed E-state index contributed by atoms with van der Waals surface area (Å²) < 4.78 is 35.2. The molecule has 1 atom stereocenters. The Labute approximate surface area is 240 Å². The highest BCUT2D eigenvalue weighted by atomic mass is 32.2. The summed E-state index contributed by atoms with van der Waals surface area (Å²) in [4.78, 5) is 24.3. The van der Waals surface area contributed by atoms with E-state index >= 15 is 0 Å². The molecule has 0 spiro atoms. The summed E-state index contributed by atoms with van der Waals surface area (Å²) in [6.45, 7) is 5.07. The van der Waals surface area contributed by atoms with Gasteiger partial charge in [0.25, 0.3) is 0 Å². The number of fused-ring (bicyclic) bond motifs is 1. The predicted octanol–water partition coefficient (Wildman–Crippen LogP) is 4.21. The third-order valence-electron chi connectivity index (χ3n) is 7.22. The number of hydrogen-bond acceptors (Lipinski definition) is 8. The molecule has 0 bridgehead atoms. The molecule has 13 heteroatoms. The van der Waals surface area contributed by atoms with Crippen molar-refractivity contribution in [2.75, 3.05) is 25.0 Å². The van der Waals surface area contributed by atoms with Crippen LogP contribution in [0.4, 0.5) is 14.6 Å². The number of hydrogen-bond donors (Lipinski definition) is 2. The van der Waals surface area contributed by atoms with Gasteiger partial charge in [0.1, 0.15) is 23.6 Å². The maximum Gasteiger partial charge on any atom is 0.241 e. The quantitative estimate of drug-likeness (QED) is 0.286. The molecule has 6 rings (SSSR count). The maximum atomic E-state index is 13.9. The first-order chi connectivity index (χ1) is 19.9. The van der Waals surface area contributed by atoms with Gasteiger partial charge in [-0.25, -0.2) is 23.1 Å². The van der Waals surface area contributed by atoms with Crippen molar-refractivity contribution in [3.05, 3.63) is 65.9 Å². The van der Waals surface area contributed by atoms with Gasteiger partial charge < -0.3 is 10.6 Å². The third kappa shape index (κ3) is 6.41. The second-order valence-electron chi connectivity index (χ2n) is 10.4. The fourth-order valence-corrected chi connectivity index (χ4v) is 6.03. The molecule has 5 heterocycles. The molecular weight excluding hydrogens is 548 g/mol. The number of aromatic nitrogens is 5. The second-order valence-corrected chi connectivity index (χ2v) is 11.4. The number of halogens is 2. The first-order valence-electron chi connectivity index (χ1n) is 13.7. The zero-order valence-electron chi connectivity index (χ0n) is 22.7. The zero-order chi connectivity index (χ0) is 28.3. The number of imidazole rings is 1. The Balaban J connectivity index is 1.10. The van der Waals surface area contributed by atoms with E-state index in [9.17, 15) is 13.6 Å². The summed E-state index contributed by atoms with van der Waals surface area (Å²) in [6.07, 6.45) is 11.8. The Bertz CT molecular complexity index is 1590. The van der Waals surface area contributed by atoms with Crippen molar-refractivity contribution in [3.63, 3.8) is 0 Å². The molecule has 1 amide bonds. The van der Waals surface area contributed by atoms with Gasteiger partial charge >= 0.3 is 0 Å². The second kappa shape index (κ2) is 12.0. The molecule has 0 radical (unpaired) electrons. The van der Waals surface area contributed by atoms with Crippen molar-refractivity contribution >= 4 is 35.0 Å². The van der Waals surface area contributed by atoms with Crippen LogP contribution in [0, 0.1) is 18.6 Å². The van der Waals surface area contributed by atoms with Crippen LogP contribution in [0.15, 0.2) is 47.4 Å². The third-order valence-corrected chi connectivity index (χ3v) is 8.12. The average Bonchev–Trinajstić information content (AvgIpc) is 3.69. The number of amides is 1. The van der Waals surface area contributed by atoms with Crippen LogP contribution < -0.4 is 10.6 Å². The molecule has 4 aromatic rings. The number of likely N-dealkylation sites (tertiary alicyclic amines) is 1. The average molecular weight is 580 g/mol. The van der Waals surface area contributed by atoms with Gasteiger partial charge in [0.2, 0.25) is 5.91 Å². The number of anilines is 1. The fourth-order valence-electron chi connectivity index (χ4n) is 5.19. The molecule has 41 heavy (non-hydrogen) atoms. The van der Waals surface area contributed by atoms with E-state index in [4.69, 9.17) is 9.38 Å². The Morgan fingerprint density at radius 2 is 2.00 bits per heavy atom. The van der Waals surface area contributed by atoms with Crippen LogP contribution in [0.5, 0.6) is 0 Å². The molecule has 1 unspecified atom stereocenters. The van der Waals surface area contributed by atoms with Gasteiger partial charge in [0.15, 0.2) is 11.5 Å². The van der Waals surface area contributed by atoms with Crippen molar-refractivity contribution in [1.82, 2.24) is 34.4 Å². The predicted molar refractivity (Wildman–Crippen MR) is 154 cm³/mol. The number of carbonyl (C=O) groups excluding carboxylic acids is 1. The lowest BCUT2D eigenvalue weighted by molar-refractivity contribution is -0.122. The number of nitrogens with zero attached hydrogens (tertiary/aromatic N) is 7. The van der Waals surface area contributed by atoms with Crippen LogP contribution in [0.25, 0.3) is 16.9 Å². The molecule has 1 saturated heterocycles. The maximum absolute atomic E-state index is 13.9. The summed E-state index contributed by atoms with van der Waals surface area (Å²) >= 11 is 1.55. The molecule has 2 aliphatic heterocycles.